The van der Waals surface area contributed by atoms with E-state index in [4.69, 9.17) is 4.74 Å². The van der Waals surface area contributed by atoms with Gasteiger partial charge in [0, 0.05) is 17.5 Å². The summed E-state index contributed by atoms with van der Waals surface area (Å²) < 4.78 is 5.56. The van der Waals surface area contributed by atoms with Crippen molar-refractivity contribution >= 4 is 5.82 Å². The Morgan fingerprint density at radius 2 is 1.95 bits per heavy atom. The molecule has 0 saturated heterocycles. The van der Waals surface area contributed by atoms with Gasteiger partial charge in [-0.3, -0.25) is 0 Å². The van der Waals surface area contributed by atoms with Crippen LogP contribution in [0.1, 0.15) is 59.2 Å². The first-order valence-electron chi connectivity index (χ1n) is 7.28. The summed E-state index contributed by atoms with van der Waals surface area (Å²) in [7, 11) is 0. The van der Waals surface area contributed by atoms with Gasteiger partial charge >= 0.3 is 0 Å². The minimum Gasteiger partial charge on any atom is -0.478 e. The molecule has 4 nitrogen and oxygen atoms in total. The molecule has 0 aliphatic heterocycles. The summed E-state index contributed by atoms with van der Waals surface area (Å²) in [6, 6.07) is 2.47. The summed E-state index contributed by atoms with van der Waals surface area (Å²) in [6.07, 6.45) is 5.10. The maximum Gasteiger partial charge on any atom is 0.218 e. The molecule has 4 heteroatoms. The monoisotopic (exact) mass is 263 g/mol. The highest BCUT2D eigenvalue weighted by molar-refractivity contribution is 5.40. The predicted octanol–water partition coefficient (Wildman–Crippen LogP) is 3.53. The Labute approximate surface area is 116 Å². The van der Waals surface area contributed by atoms with Crippen molar-refractivity contribution in [2.45, 2.75) is 64.8 Å². The molecule has 0 atom stereocenters. The largest absolute Gasteiger partial charge is 0.478 e. The van der Waals surface area contributed by atoms with Crippen molar-refractivity contribution < 1.29 is 4.74 Å². The minimum absolute atomic E-state index is 0.0702. The van der Waals surface area contributed by atoms with E-state index in [9.17, 15) is 0 Å². The first kappa shape index (κ1) is 14.1. The number of ether oxygens (including phenoxy) is 1. The van der Waals surface area contributed by atoms with Crippen LogP contribution in [0, 0.1) is 0 Å². The van der Waals surface area contributed by atoms with Crippen molar-refractivity contribution in [2.75, 3.05) is 11.9 Å². The van der Waals surface area contributed by atoms with Gasteiger partial charge in [0.05, 0.1) is 6.61 Å². The average Bonchev–Trinajstić information content (AvgIpc) is 2.81. The van der Waals surface area contributed by atoms with Crippen LogP contribution in [-0.2, 0) is 5.41 Å². The molecule has 0 spiro atoms. The van der Waals surface area contributed by atoms with Crippen molar-refractivity contribution in [2.24, 2.45) is 0 Å². The second kappa shape index (κ2) is 5.76. The lowest BCUT2D eigenvalue weighted by Gasteiger charge is -2.20. The molecular formula is C15H25N3O. The highest BCUT2D eigenvalue weighted by Crippen LogP contribution is 2.26. The Morgan fingerprint density at radius 3 is 2.53 bits per heavy atom. The van der Waals surface area contributed by atoms with Crippen LogP contribution in [0.3, 0.4) is 0 Å². The lowest BCUT2D eigenvalue weighted by atomic mass is 9.96. The van der Waals surface area contributed by atoms with Crippen LogP contribution in [0.15, 0.2) is 6.07 Å². The lowest BCUT2D eigenvalue weighted by Crippen LogP contribution is -2.21. The van der Waals surface area contributed by atoms with E-state index in [1.165, 1.54) is 25.7 Å². The molecule has 1 aliphatic rings. The van der Waals surface area contributed by atoms with E-state index in [1.54, 1.807) is 0 Å². The molecule has 2 rings (SSSR count). The van der Waals surface area contributed by atoms with Crippen molar-refractivity contribution in [3.05, 3.63) is 11.9 Å². The molecule has 0 amide bonds. The molecule has 0 aromatic carbocycles. The zero-order valence-electron chi connectivity index (χ0n) is 12.5. The van der Waals surface area contributed by atoms with Crippen molar-refractivity contribution in [1.29, 1.82) is 0 Å². The van der Waals surface area contributed by atoms with E-state index < -0.39 is 0 Å². The number of rotatable bonds is 4. The fourth-order valence-corrected chi connectivity index (χ4v) is 2.34. The van der Waals surface area contributed by atoms with Gasteiger partial charge in [-0.2, -0.15) is 4.98 Å². The molecule has 106 valence electrons. The Kier molecular flexibility index (Phi) is 4.27. The van der Waals surface area contributed by atoms with Crippen molar-refractivity contribution in [1.82, 2.24) is 9.97 Å². The fourth-order valence-electron chi connectivity index (χ4n) is 2.34. The maximum atomic E-state index is 5.56. The van der Waals surface area contributed by atoms with Gasteiger partial charge in [0.1, 0.15) is 11.6 Å². The minimum atomic E-state index is -0.0702. The molecule has 1 aromatic rings. The summed E-state index contributed by atoms with van der Waals surface area (Å²) in [6.45, 7) is 8.97. The van der Waals surface area contributed by atoms with E-state index in [1.807, 2.05) is 13.0 Å². The summed E-state index contributed by atoms with van der Waals surface area (Å²) in [5, 5.41) is 3.52. The fraction of sp³-hybridized carbons (Fsp3) is 0.733. The SMILES string of the molecule is CCOc1cc(NC2CCCC2)nc(C(C)(C)C)n1. The second-order valence-electron chi connectivity index (χ2n) is 6.22. The Morgan fingerprint density at radius 1 is 1.26 bits per heavy atom. The molecule has 1 fully saturated rings. The van der Waals surface area contributed by atoms with Crippen molar-refractivity contribution in [3.63, 3.8) is 0 Å². The van der Waals surface area contributed by atoms with Crippen LogP contribution in [0.2, 0.25) is 0 Å². The Hall–Kier alpha value is -1.32. The van der Waals surface area contributed by atoms with Crippen LogP contribution < -0.4 is 10.1 Å². The smallest absolute Gasteiger partial charge is 0.218 e. The highest BCUT2D eigenvalue weighted by Gasteiger charge is 2.21. The topological polar surface area (TPSA) is 47.0 Å². The number of anilines is 1. The van der Waals surface area contributed by atoms with Gasteiger partial charge < -0.3 is 10.1 Å². The van der Waals surface area contributed by atoms with E-state index in [2.05, 4.69) is 36.1 Å². The number of aromatic nitrogens is 2. The molecule has 0 radical (unpaired) electrons. The van der Waals surface area contributed by atoms with E-state index in [0.29, 0.717) is 18.5 Å². The molecule has 1 heterocycles. The van der Waals surface area contributed by atoms with Crippen LogP contribution in [0.25, 0.3) is 0 Å². The van der Waals surface area contributed by atoms with Gasteiger partial charge in [0.15, 0.2) is 0 Å². The third-order valence-electron chi connectivity index (χ3n) is 3.37. The molecule has 1 aromatic heterocycles. The third-order valence-corrected chi connectivity index (χ3v) is 3.37. The molecule has 1 aliphatic carbocycles. The molecule has 0 unspecified atom stereocenters. The normalized spacial score (nSPS) is 16.6. The molecule has 1 saturated carbocycles. The van der Waals surface area contributed by atoms with Crippen LogP contribution >= 0.6 is 0 Å². The zero-order chi connectivity index (χ0) is 13.9. The number of hydrogen-bond acceptors (Lipinski definition) is 4. The summed E-state index contributed by atoms with van der Waals surface area (Å²) in [5.41, 5.74) is -0.0702. The van der Waals surface area contributed by atoms with E-state index in [-0.39, 0.29) is 5.41 Å². The molecule has 0 bridgehead atoms. The maximum absolute atomic E-state index is 5.56. The van der Waals surface area contributed by atoms with Crippen LogP contribution in [-0.4, -0.2) is 22.6 Å². The van der Waals surface area contributed by atoms with Crippen LogP contribution in [0.5, 0.6) is 5.88 Å². The third kappa shape index (κ3) is 3.82. The predicted molar refractivity (Wildman–Crippen MR) is 77.8 cm³/mol. The number of nitrogens with zero attached hydrogens (tertiary/aromatic N) is 2. The first-order valence-corrected chi connectivity index (χ1v) is 7.28. The second-order valence-corrected chi connectivity index (χ2v) is 6.22. The quantitative estimate of drug-likeness (QED) is 0.902. The highest BCUT2D eigenvalue weighted by atomic mass is 16.5. The van der Waals surface area contributed by atoms with Gasteiger partial charge in [0.25, 0.3) is 0 Å². The molecule has 19 heavy (non-hydrogen) atoms. The zero-order valence-corrected chi connectivity index (χ0v) is 12.5. The summed E-state index contributed by atoms with van der Waals surface area (Å²) in [5.74, 6) is 2.40. The lowest BCUT2D eigenvalue weighted by molar-refractivity contribution is 0.322. The van der Waals surface area contributed by atoms with Gasteiger partial charge in [0.2, 0.25) is 5.88 Å². The van der Waals surface area contributed by atoms with Gasteiger partial charge in [-0.25, -0.2) is 4.98 Å². The standard InChI is InChI=1S/C15H25N3O/c1-5-19-13-10-12(16-11-8-6-7-9-11)17-14(18-13)15(2,3)4/h10-11H,5-9H2,1-4H3,(H,16,17,18). The van der Waals surface area contributed by atoms with Gasteiger partial charge in [-0.1, -0.05) is 33.6 Å². The first-order chi connectivity index (χ1) is 8.99. The molecular weight excluding hydrogens is 238 g/mol. The van der Waals surface area contributed by atoms with Crippen LogP contribution in [0.4, 0.5) is 5.82 Å². The number of nitrogens with one attached hydrogen (secondary N) is 1. The molecule has 1 N–H and O–H groups in total. The average molecular weight is 263 g/mol. The summed E-state index contributed by atoms with van der Waals surface area (Å²) in [4.78, 5) is 9.14. The Balaban J connectivity index is 2.22. The van der Waals surface area contributed by atoms with E-state index in [0.717, 1.165) is 11.6 Å². The van der Waals surface area contributed by atoms with E-state index >= 15 is 0 Å². The number of hydrogen-bond donors (Lipinski definition) is 1. The van der Waals surface area contributed by atoms with Gasteiger partial charge in [-0.15, -0.1) is 0 Å². The van der Waals surface area contributed by atoms with Gasteiger partial charge in [-0.05, 0) is 19.8 Å². The Bertz CT molecular complexity index is 420. The summed E-state index contributed by atoms with van der Waals surface area (Å²) >= 11 is 0. The van der Waals surface area contributed by atoms with Crippen molar-refractivity contribution in [3.8, 4) is 5.88 Å².